The lowest BCUT2D eigenvalue weighted by molar-refractivity contribution is 0.143. The fourth-order valence-electron chi connectivity index (χ4n) is 2.22. The van der Waals surface area contributed by atoms with Crippen molar-refractivity contribution in [3.05, 3.63) is 23.3 Å². The minimum Gasteiger partial charge on any atom is -0.486 e. The van der Waals surface area contributed by atoms with E-state index in [-0.39, 0.29) is 0 Å². The van der Waals surface area contributed by atoms with Gasteiger partial charge in [0, 0.05) is 0 Å². The minimum absolute atomic E-state index is 0.483. The summed E-state index contributed by atoms with van der Waals surface area (Å²) in [6.45, 7) is 2.45. The summed E-state index contributed by atoms with van der Waals surface area (Å²) in [4.78, 5) is 0. The van der Waals surface area contributed by atoms with Gasteiger partial charge in [0.2, 0.25) is 0 Å². The monoisotopic (exact) mass is 238 g/mol. The summed E-state index contributed by atoms with van der Waals surface area (Å²) in [5, 5.41) is 10.2. The number of halogens is 1. The van der Waals surface area contributed by atoms with Crippen molar-refractivity contribution in [1.29, 1.82) is 0 Å². The van der Waals surface area contributed by atoms with Gasteiger partial charge in [0.15, 0.2) is 11.5 Å². The van der Waals surface area contributed by atoms with Crippen LogP contribution in [0.1, 0.15) is 37.1 Å². The average Bonchev–Trinajstić information content (AvgIpc) is 3.07. The molecule has 4 heteroatoms. The van der Waals surface area contributed by atoms with E-state index in [0.717, 1.165) is 0 Å². The molecule has 3 nitrogen and oxygen atoms in total. The third-order valence-corrected chi connectivity index (χ3v) is 3.37. The Balaban J connectivity index is 2.11. The zero-order valence-corrected chi connectivity index (χ0v) is 9.70. The molecule has 1 saturated carbocycles. The lowest BCUT2D eigenvalue weighted by Gasteiger charge is -2.23. The third kappa shape index (κ3) is 1.76. The number of hydrogen-bond acceptors (Lipinski definition) is 3. The van der Waals surface area contributed by atoms with Crippen LogP contribution in [0, 0.1) is 0 Å². The molecule has 1 heterocycles. The van der Waals surface area contributed by atoms with Crippen LogP contribution in [0.5, 0.6) is 11.5 Å². The SMILES string of the molecule is CC(F)c1cc2c(cc1C1(O)CC1)OCCO2. The van der Waals surface area contributed by atoms with Crippen molar-refractivity contribution in [3.63, 3.8) is 0 Å². The Hall–Kier alpha value is -1.29. The van der Waals surface area contributed by atoms with E-state index < -0.39 is 11.8 Å². The number of fused-ring (bicyclic) bond motifs is 1. The van der Waals surface area contributed by atoms with Gasteiger partial charge in [-0.15, -0.1) is 0 Å². The summed E-state index contributed by atoms with van der Waals surface area (Å²) in [6.07, 6.45) is 0.254. The first-order valence-corrected chi connectivity index (χ1v) is 5.91. The first kappa shape index (κ1) is 10.8. The summed E-state index contributed by atoms with van der Waals surface area (Å²) >= 11 is 0. The van der Waals surface area contributed by atoms with Crippen molar-refractivity contribution in [2.75, 3.05) is 13.2 Å². The Morgan fingerprint density at radius 3 is 2.35 bits per heavy atom. The molecular formula is C13H15FO3. The van der Waals surface area contributed by atoms with Gasteiger partial charge < -0.3 is 14.6 Å². The Kier molecular flexibility index (Phi) is 2.30. The Morgan fingerprint density at radius 2 is 1.82 bits per heavy atom. The Morgan fingerprint density at radius 1 is 1.24 bits per heavy atom. The molecule has 1 unspecified atom stereocenters. The molecule has 1 aromatic rings. The van der Waals surface area contributed by atoms with E-state index in [1.165, 1.54) is 6.92 Å². The Labute approximate surface area is 99.2 Å². The molecule has 1 atom stereocenters. The van der Waals surface area contributed by atoms with Crippen molar-refractivity contribution >= 4 is 0 Å². The second-order valence-corrected chi connectivity index (χ2v) is 4.73. The molecule has 1 N–H and O–H groups in total. The number of aliphatic hydroxyl groups is 1. The summed E-state index contributed by atoms with van der Waals surface area (Å²) in [6, 6.07) is 3.39. The Bertz CT molecular complexity index is 452. The summed E-state index contributed by atoms with van der Waals surface area (Å²) in [5.41, 5.74) is 0.303. The lowest BCUT2D eigenvalue weighted by atomic mass is 9.96. The van der Waals surface area contributed by atoms with Crippen LogP contribution in [0.15, 0.2) is 12.1 Å². The number of alkyl halides is 1. The van der Waals surface area contributed by atoms with Crippen molar-refractivity contribution in [1.82, 2.24) is 0 Å². The molecular weight excluding hydrogens is 223 g/mol. The molecule has 0 bridgehead atoms. The van der Waals surface area contributed by atoms with Crippen LogP contribution in [0.25, 0.3) is 0 Å². The van der Waals surface area contributed by atoms with Gasteiger partial charge in [0.25, 0.3) is 0 Å². The van der Waals surface area contributed by atoms with Gasteiger partial charge in [0.05, 0.1) is 5.60 Å². The summed E-state index contributed by atoms with van der Waals surface area (Å²) in [7, 11) is 0. The maximum absolute atomic E-state index is 13.6. The molecule has 17 heavy (non-hydrogen) atoms. The van der Waals surface area contributed by atoms with Crippen LogP contribution in [0.2, 0.25) is 0 Å². The molecule has 0 saturated heterocycles. The van der Waals surface area contributed by atoms with Crippen LogP contribution in [-0.2, 0) is 5.60 Å². The van der Waals surface area contributed by atoms with E-state index in [1.54, 1.807) is 12.1 Å². The molecule has 1 aliphatic heterocycles. The predicted molar refractivity (Wildman–Crippen MR) is 60.1 cm³/mol. The fraction of sp³-hybridized carbons (Fsp3) is 0.538. The highest BCUT2D eigenvalue weighted by atomic mass is 19.1. The molecule has 0 spiro atoms. The van der Waals surface area contributed by atoms with E-state index >= 15 is 0 Å². The molecule has 0 aromatic heterocycles. The highest BCUT2D eigenvalue weighted by molar-refractivity contribution is 5.51. The van der Waals surface area contributed by atoms with E-state index in [2.05, 4.69) is 0 Å². The van der Waals surface area contributed by atoms with Gasteiger partial charge in [-0.3, -0.25) is 0 Å². The van der Waals surface area contributed by atoms with Gasteiger partial charge in [-0.25, -0.2) is 4.39 Å². The minimum atomic E-state index is -1.12. The molecule has 1 fully saturated rings. The van der Waals surface area contributed by atoms with Crippen LogP contribution in [0.3, 0.4) is 0 Å². The fourth-order valence-corrected chi connectivity index (χ4v) is 2.22. The van der Waals surface area contributed by atoms with E-state index in [0.29, 0.717) is 48.7 Å². The van der Waals surface area contributed by atoms with Gasteiger partial charge in [0.1, 0.15) is 19.4 Å². The molecule has 3 rings (SSSR count). The van der Waals surface area contributed by atoms with E-state index in [1.807, 2.05) is 0 Å². The van der Waals surface area contributed by atoms with E-state index in [4.69, 9.17) is 9.47 Å². The zero-order chi connectivity index (χ0) is 12.0. The highest BCUT2D eigenvalue weighted by Gasteiger charge is 2.45. The first-order valence-electron chi connectivity index (χ1n) is 5.91. The molecule has 92 valence electrons. The van der Waals surface area contributed by atoms with Crippen LogP contribution in [0.4, 0.5) is 4.39 Å². The van der Waals surface area contributed by atoms with Crippen molar-refractivity contribution in [2.45, 2.75) is 31.5 Å². The molecule has 1 aliphatic carbocycles. The van der Waals surface area contributed by atoms with Crippen LogP contribution < -0.4 is 9.47 Å². The standard InChI is InChI=1S/C13H15FO3/c1-8(14)9-6-11-12(17-5-4-16-11)7-10(9)13(15)2-3-13/h6-8,15H,2-5H2,1H3. The largest absolute Gasteiger partial charge is 0.486 e. The van der Waals surface area contributed by atoms with Crippen molar-refractivity contribution < 1.29 is 19.0 Å². The number of hydrogen-bond donors (Lipinski definition) is 1. The lowest BCUT2D eigenvalue weighted by Crippen LogP contribution is -2.18. The number of rotatable bonds is 2. The van der Waals surface area contributed by atoms with Crippen LogP contribution in [-0.4, -0.2) is 18.3 Å². The quantitative estimate of drug-likeness (QED) is 0.860. The van der Waals surface area contributed by atoms with Crippen molar-refractivity contribution in [3.8, 4) is 11.5 Å². The van der Waals surface area contributed by atoms with Gasteiger partial charge >= 0.3 is 0 Å². The highest BCUT2D eigenvalue weighted by Crippen LogP contribution is 2.50. The van der Waals surface area contributed by atoms with E-state index in [9.17, 15) is 9.50 Å². The molecule has 0 radical (unpaired) electrons. The number of ether oxygens (including phenoxy) is 2. The summed E-state index contributed by atoms with van der Waals surface area (Å²) < 4.78 is 24.5. The topological polar surface area (TPSA) is 38.7 Å². The van der Waals surface area contributed by atoms with Crippen molar-refractivity contribution in [2.24, 2.45) is 0 Å². The normalized spacial score (nSPS) is 22.1. The first-order chi connectivity index (χ1) is 8.10. The second kappa shape index (κ2) is 3.60. The number of benzene rings is 1. The zero-order valence-electron chi connectivity index (χ0n) is 9.70. The van der Waals surface area contributed by atoms with Crippen LogP contribution >= 0.6 is 0 Å². The maximum atomic E-state index is 13.6. The molecule has 2 aliphatic rings. The smallest absolute Gasteiger partial charge is 0.161 e. The molecule has 0 amide bonds. The van der Waals surface area contributed by atoms with Gasteiger partial charge in [-0.05, 0) is 43.0 Å². The predicted octanol–water partition coefficient (Wildman–Crippen LogP) is 2.47. The van der Waals surface area contributed by atoms with Gasteiger partial charge in [-0.2, -0.15) is 0 Å². The third-order valence-electron chi connectivity index (χ3n) is 3.37. The van der Waals surface area contributed by atoms with Gasteiger partial charge in [-0.1, -0.05) is 0 Å². The maximum Gasteiger partial charge on any atom is 0.161 e. The average molecular weight is 238 g/mol. The second-order valence-electron chi connectivity index (χ2n) is 4.73. The molecule has 1 aromatic carbocycles. The summed E-state index contributed by atoms with van der Waals surface area (Å²) in [5.74, 6) is 1.18.